The Kier molecular flexibility index (Phi) is 3.83. The summed E-state index contributed by atoms with van der Waals surface area (Å²) < 4.78 is 5.76. The minimum absolute atomic E-state index is 0.125. The summed E-state index contributed by atoms with van der Waals surface area (Å²) in [6.45, 7) is 7.04. The average molecular weight is 258 g/mol. The molecule has 2 rings (SSSR count). The van der Waals surface area contributed by atoms with E-state index in [0.29, 0.717) is 12.1 Å². The molecule has 3 nitrogen and oxygen atoms in total. The maximum atomic E-state index is 9.14. The van der Waals surface area contributed by atoms with Gasteiger partial charge in [-0.25, -0.2) is 0 Å². The smallest absolute Gasteiger partial charge is 0.488 e. The van der Waals surface area contributed by atoms with Crippen LogP contribution in [0.5, 0.6) is 5.75 Å². The first kappa shape index (κ1) is 13.9. The Morgan fingerprint density at radius 1 is 1.00 bits per heavy atom. The van der Waals surface area contributed by atoms with Gasteiger partial charge < -0.3 is 14.8 Å². The highest BCUT2D eigenvalue weighted by Crippen LogP contribution is 2.22. The molecule has 0 amide bonds. The standard InChI is InChI=1S/C15H19BO3/c1-15(2,3)10-19-14-7-5-11-8-13(16(17)18)6-4-12(11)9-14/h4-9,17-18H,10H2,1-3H3. The second kappa shape index (κ2) is 5.23. The first-order valence-corrected chi connectivity index (χ1v) is 6.38. The molecule has 2 N–H and O–H groups in total. The zero-order chi connectivity index (χ0) is 14.0. The Morgan fingerprint density at radius 2 is 1.63 bits per heavy atom. The lowest BCUT2D eigenvalue weighted by Crippen LogP contribution is -2.29. The van der Waals surface area contributed by atoms with Gasteiger partial charge in [0, 0.05) is 0 Å². The van der Waals surface area contributed by atoms with Crippen LogP contribution in [0, 0.1) is 5.41 Å². The second-order valence-corrected chi connectivity index (χ2v) is 5.99. The lowest BCUT2D eigenvalue weighted by molar-refractivity contribution is 0.198. The minimum Gasteiger partial charge on any atom is -0.493 e. The Balaban J connectivity index is 2.24. The number of benzene rings is 2. The van der Waals surface area contributed by atoms with Crippen LogP contribution in [-0.4, -0.2) is 23.8 Å². The van der Waals surface area contributed by atoms with Crippen LogP contribution in [0.25, 0.3) is 10.8 Å². The van der Waals surface area contributed by atoms with Crippen LogP contribution in [0.4, 0.5) is 0 Å². The van der Waals surface area contributed by atoms with Crippen LogP contribution in [0.2, 0.25) is 0 Å². The van der Waals surface area contributed by atoms with Crippen molar-refractivity contribution in [1.29, 1.82) is 0 Å². The molecule has 0 saturated heterocycles. The van der Waals surface area contributed by atoms with Crippen molar-refractivity contribution < 1.29 is 14.8 Å². The molecule has 0 atom stereocenters. The number of ether oxygens (including phenoxy) is 1. The molecule has 0 unspecified atom stereocenters. The maximum Gasteiger partial charge on any atom is 0.488 e. The summed E-state index contributed by atoms with van der Waals surface area (Å²) in [6, 6.07) is 11.2. The van der Waals surface area contributed by atoms with Gasteiger partial charge in [0.2, 0.25) is 0 Å². The van der Waals surface area contributed by atoms with Crippen molar-refractivity contribution in [3.8, 4) is 5.75 Å². The molecule has 0 fully saturated rings. The fourth-order valence-electron chi connectivity index (χ4n) is 1.79. The van der Waals surface area contributed by atoms with E-state index in [0.717, 1.165) is 16.5 Å². The van der Waals surface area contributed by atoms with E-state index >= 15 is 0 Å². The summed E-state index contributed by atoms with van der Waals surface area (Å²) in [6.07, 6.45) is 0. The molecule has 0 aliphatic carbocycles. The monoisotopic (exact) mass is 258 g/mol. The summed E-state index contributed by atoms with van der Waals surface area (Å²) in [7, 11) is -1.43. The summed E-state index contributed by atoms with van der Waals surface area (Å²) in [4.78, 5) is 0. The molecule has 2 aromatic rings. The summed E-state index contributed by atoms with van der Waals surface area (Å²) >= 11 is 0. The van der Waals surface area contributed by atoms with E-state index in [9.17, 15) is 0 Å². The van der Waals surface area contributed by atoms with Crippen LogP contribution in [0.3, 0.4) is 0 Å². The fourth-order valence-corrected chi connectivity index (χ4v) is 1.79. The van der Waals surface area contributed by atoms with Crippen molar-refractivity contribution in [3.05, 3.63) is 36.4 Å². The predicted octanol–water partition coefficient (Wildman–Crippen LogP) is 1.94. The summed E-state index contributed by atoms with van der Waals surface area (Å²) in [5.41, 5.74) is 0.621. The second-order valence-electron chi connectivity index (χ2n) is 5.99. The van der Waals surface area contributed by atoms with Gasteiger partial charge in [-0.2, -0.15) is 0 Å². The van der Waals surface area contributed by atoms with Crippen molar-refractivity contribution in [2.24, 2.45) is 5.41 Å². The van der Waals surface area contributed by atoms with Gasteiger partial charge in [-0.15, -0.1) is 0 Å². The molecule has 0 spiro atoms. The van der Waals surface area contributed by atoms with E-state index in [1.807, 2.05) is 24.3 Å². The molecule has 0 saturated carbocycles. The Hall–Kier alpha value is -1.52. The van der Waals surface area contributed by atoms with Crippen molar-refractivity contribution in [3.63, 3.8) is 0 Å². The van der Waals surface area contributed by atoms with Crippen LogP contribution in [0.15, 0.2) is 36.4 Å². The lowest BCUT2D eigenvalue weighted by Gasteiger charge is -2.19. The molecule has 2 aromatic carbocycles. The van der Waals surface area contributed by atoms with Crippen LogP contribution >= 0.6 is 0 Å². The first-order valence-electron chi connectivity index (χ1n) is 6.38. The zero-order valence-electron chi connectivity index (χ0n) is 11.6. The van der Waals surface area contributed by atoms with E-state index in [-0.39, 0.29) is 5.41 Å². The Morgan fingerprint density at radius 3 is 2.26 bits per heavy atom. The first-order chi connectivity index (χ1) is 8.85. The van der Waals surface area contributed by atoms with Crippen molar-refractivity contribution in [2.45, 2.75) is 20.8 Å². The Labute approximate surface area is 114 Å². The van der Waals surface area contributed by atoms with Gasteiger partial charge in [0.05, 0.1) is 6.61 Å². The molecule has 4 heteroatoms. The zero-order valence-corrected chi connectivity index (χ0v) is 11.6. The molecule has 100 valence electrons. The van der Waals surface area contributed by atoms with Gasteiger partial charge in [0.15, 0.2) is 0 Å². The number of fused-ring (bicyclic) bond motifs is 1. The third-order valence-corrected chi connectivity index (χ3v) is 2.81. The Bertz CT molecular complexity index is 573. The third-order valence-electron chi connectivity index (χ3n) is 2.81. The minimum atomic E-state index is -1.43. The average Bonchev–Trinajstić information content (AvgIpc) is 2.34. The molecule has 0 radical (unpaired) electrons. The number of rotatable bonds is 3. The molecule has 0 heterocycles. The van der Waals surface area contributed by atoms with Crippen LogP contribution in [-0.2, 0) is 0 Å². The normalized spacial score (nSPS) is 11.6. The van der Waals surface area contributed by atoms with Gasteiger partial charge in [-0.05, 0) is 33.8 Å². The lowest BCUT2D eigenvalue weighted by atomic mass is 9.79. The van der Waals surface area contributed by atoms with Gasteiger partial charge in [0.25, 0.3) is 0 Å². The van der Waals surface area contributed by atoms with Crippen LogP contribution < -0.4 is 10.2 Å². The molecule has 19 heavy (non-hydrogen) atoms. The highest BCUT2D eigenvalue weighted by atomic mass is 16.5. The van der Waals surface area contributed by atoms with Gasteiger partial charge in [-0.1, -0.05) is 45.0 Å². The number of hydrogen-bond acceptors (Lipinski definition) is 3. The fraction of sp³-hybridized carbons (Fsp3) is 0.333. The molecular weight excluding hydrogens is 239 g/mol. The van der Waals surface area contributed by atoms with E-state index in [4.69, 9.17) is 14.8 Å². The van der Waals surface area contributed by atoms with E-state index in [2.05, 4.69) is 20.8 Å². The summed E-state index contributed by atoms with van der Waals surface area (Å²) in [5, 5.41) is 20.3. The van der Waals surface area contributed by atoms with E-state index in [1.165, 1.54) is 0 Å². The SMILES string of the molecule is CC(C)(C)COc1ccc2cc(B(O)O)ccc2c1. The molecule has 0 bridgehead atoms. The third kappa shape index (κ3) is 3.72. The predicted molar refractivity (Wildman–Crippen MR) is 78.7 cm³/mol. The van der Waals surface area contributed by atoms with E-state index < -0.39 is 7.12 Å². The van der Waals surface area contributed by atoms with Crippen molar-refractivity contribution in [1.82, 2.24) is 0 Å². The number of hydrogen-bond donors (Lipinski definition) is 2. The quantitative estimate of drug-likeness (QED) is 0.827. The maximum absolute atomic E-state index is 9.14. The topological polar surface area (TPSA) is 49.7 Å². The van der Waals surface area contributed by atoms with Crippen molar-refractivity contribution >= 4 is 23.4 Å². The molecule has 0 aliphatic heterocycles. The van der Waals surface area contributed by atoms with Crippen LogP contribution in [0.1, 0.15) is 20.8 Å². The van der Waals surface area contributed by atoms with Gasteiger partial charge >= 0.3 is 7.12 Å². The molecular formula is C15H19BO3. The van der Waals surface area contributed by atoms with E-state index in [1.54, 1.807) is 12.1 Å². The highest BCUT2D eigenvalue weighted by molar-refractivity contribution is 6.58. The molecule has 0 aromatic heterocycles. The summed E-state index contributed by atoms with van der Waals surface area (Å²) in [5.74, 6) is 0.833. The highest BCUT2D eigenvalue weighted by Gasteiger charge is 2.12. The van der Waals surface area contributed by atoms with Gasteiger partial charge in [-0.3, -0.25) is 0 Å². The largest absolute Gasteiger partial charge is 0.493 e. The molecule has 0 aliphatic rings. The van der Waals surface area contributed by atoms with Crippen molar-refractivity contribution in [2.75, 3.05) is 6.61 Å². The van der Waals surface area contributed by atoms with Gasteiger partial charge in [0.1, 0.15) is 5.75 Å².